The first-order valence-corrected chi connectivity index (χ1v) is 6.51. The first-order valence-electron chi connectivity index (χ1n) is 6.51. The lowest BCUT2D eigenvalue weighted by Crippen LogP contribution is -2.24. The van der Waals surface area contributed by atoms with Crippen molar-refractivity contribution in [1.29, 1.82) is 0 Å². The van der Waals surface area contributed by atoms with Crippen LogP contribution in [0.2, 0.25) is 0 Å². The molecule has 0 unspecified atom stereocenters. The molecule has 0 saturated carbocycles. The fourth-order valence-electron chi connectivity index (χ4n) is 1.57. The zero-order valence-electron chi connectivity index (χ0n) is 12.2. The van der Waals surface area contributed by atoms with Crippen LogP contribution in [0.25, 0.3) is 0 Å². The van der Waals surface area contributed by atoms with Crippen molar-refractivity contribution in [1.82, 2.24) is 15.0 Å². The highest BCUT2D eigenvalue weighted by molar-refractivity contribution is 5.43. The number of rotatable bonds is 8. The lowest BCUT2D eigenvalue weighted by atomic mass is 10.2. The highest BCUT2D eigenvalue weighted by Gasteiger charge is 2.10. The van der Waals surface area contributed by atoms with Gasteiger partial charge in [0.1, 0.15) is 0 Å². The molecule has 1 heterocycles. The van der Waals surface area contributed by atoms with Gasteiger partial charge >= 0.3 is 0 Å². The minimum Gasteiger partial charge on any atom is -0.396 e. The van der Waals surface area contributed by atoms with Crippen LogP contribution in [0.5, 0.6) is 0 Å². The van der Waals surface area contributed by atoms with E-state index in [4.69, 9.17) is 5.11 Å². The largest absolute Gasteiger partial charge is 0.396 e. The molecule has 2 N–H and O–H groups in total. The minimum atomic E-state index is 0.254. The Kier molecular flexibility index (Phi) is 6.27. The summed E-state index contributed by atoms with van der Waals surface area (Å²) in [6, 6.07) is 0. The van der Waals surface area contributed by atoms with Gasteiger partial charge in [0.25, 0.3) is 0 Å². The maximum atomic E-state index is 8.75. The number of hydrogen-bond donors (Lipinski definition) is 2. The first-order chi connectivity index (χ1) is 9.08. The van der Waals surface area contributed by atoms with Crippen molar-refractivity contribution in [2.75, 3.05) is 56.5 Å². The monoisotopic (exact) mass is 268 g/mol. The van der Waals surface area contributed by atoms with Crippen LogP contribution in [0.4, 0.5) is 17.8 Å². The molecular formula is C12H24N6O. The van der Waals surface area contributed by atoms with E-state index in [2.05, 4.69) is 20.3 Å². The van der Waals surface area contributed by atoms with Crippen LogP contribution in [0, 0.1) is 0 Å². The Morgan fingerprint density at radius 1 is 1.00 bits per heavy atom. The molecule has 0 spiro atoms. The highest BCUT2D eigenvalue weighted by atomic mass is 16.2. The van der Waals surface area contributed by atoms with E-state index in [0.29, 0.717) is 17.8 Å². The van der Waals surface area contributed by atoms with Gasteiger partial charge in [-0.05, 0) is 19.3 Å². The average Bonchev–Trinajstić information content (AvgIpc) is 2.42. The normalized spacial score (nSPS) is 10.4. The van der Waals surface area contributed by atoms with Gasteiger partial charge in [-0.3, -0.25) is 0 Å². The molecular weight excluding hydrogens is 244 g/mol. The summed E-state index contributed by atoms with van der Waals surface area (Å²) in [5, 5.41) is 11.7. The molecule has 1 rings (SSSR count). The van der Waals surface area contributed by atoms with Gasteiger partial charge in [-0.1, -0.05) is 0 Å². The molecule has 0 aromatic carbocycles. The second kappa shape index (κ2) is 7.73. The van der Waals surface area contributed by atoms with Gasteiger partial charge < -0.3 is 20.2 Å². The molecule has 7 nitrogen and oxygen atoms in total. The molecule has 0 radical (unpaired) electrons. The standard InChI is InChI=1S/C12H24N6O/c1-13-10-14-11(17(2)3)16-12(15-10)18(4)8-6-5-7-9-19/h19H,5-9H2,1-4H3,(H,13,14,15,16). The van der Waals surface area contributed by atoms with E-state index in [9.17, 15) is 0 Å². The fraction of sp³-hybridized carbons (Fsp3) is 0.750. The summed E-state index contributed by atoms with van der Waals surface area (Å²) in [7, 11) is 7.56. The Morgan fingerprint density at radius 2 is 1.68 bits per heavy atom. The lowest BCUT2D eigenvalue weighted by Gasteiger charge is -2.19. The van der Waals surface area contributed by atoms with Gasteiger partial charge in [0, 0.05) is 41.3 Å². The summed E-state index contributed by atoms with van der Waals surface area (Å²) in [6.45, 7) is 1.12. The number of nitrogens with zero attached hydrogens (tertiary/aromatic N) is 5. The van der Waals surface area contributed by atoms with Gasteiger partial charge in [0.05, 0.1) is 0 Å². The number of aromatic nitrogens is 3. The zero-order chi connectivity index (χ0) is 14.3. The maximum Gasteiger partial charge on any atom is 0.231 e. The maximum absolute atomic E-state index is 8.75. The smallest absolute Gasteiger partial charge is 0.231 e. The third-order valence-corrected chi connectivity index (χ3v) is 2.73. The summed E-state index contributed by atoms with van der Waals surface area (Å²) >= 11 is 0. The number of aliphatic hydroxyl groups is 1. The van der Waals surface area contributed by atoms with E-state index in [1.165, 1.54) is 0 Å². The van der Waals surface area contributed by atoms with Crippen LogP contribution in [0.15, 0.2) is 0 Å². The van der Waals surface area contributed by atoms with Crippen LogP contribution in [-0.4, -0.2) is 61.4 Å². The zero-order valence-corrected chi connectivity index (χ0v) is 12.2. The van der Waals surface area contributed by atoms with Crippen molar-refractivity contribution in [3.8, 4) is 0 Å². The molecule has 19 heavy (non-hydrogen) atoms. The van der Waals surface area contributed by atoms with Crippen LogP contribution in [-0.2, 0) is 0 Å². The number of aliphatic hydroxyl groups excluding tert-OH is 1. The Bertz CT molecular complexity index is 384. The quantitative estimate of drug-likeness (QED) is 0.668. The van der Waals surface area contributed by atoms with E-state index in [1.807, 2.05) is 30.9 Å². The van der Waals surface area contributed by atoms with Crippen molar-refractivity contribution >= 4 is 17.8 Å². The van der Waals surface area contributed by atoms with E-state index in [0.717, 1.165) is 25.8 Å². The topological polar surface area (TPSA) is 77.4 Å². The van der Waals surface area contributed by atoms with Crippen LogP contribution >= 0.6 is 0 Å². The number of unbranched alkanes of at least 4 members (excludes halogenated alkanes) is 2. The van der Waals surface area contributed by atoms with E-state index in [1.54, 1.807) is 7.05 Å². The van der Waals surface area contributed by atoms with Crippen molar-refractivity contribution in [2.45, 2.75) is 19.3 Å². The molecule has 0 fully saturated rings. The van der Waals surface area contributed by atoms with Gasteiger partial charge in [-0.25, -0.2) is 0 Å². The Labute approximate surface area is 114 Å². The second-order valence-electron chi connectivity index (χ2n) is 4.61. The SMILES string of the molecule is CNc1nc(N(C)C)nc(N(C)CCCCCO)n1. The Morgan fingerprint density at radius 3 is 2.26 bits per heavy atom. The van der Waals surface area contributed by atoms with E-state index >= 15 is 0 Å². The number of hydrogen-bond acceptors (Lipinski definition) is 7. The van der Waals surface area contributed by atoms with Crippen molar-refractivity contribution < 1.29 is 5.11 Å². The second-order valence-corrected chi connectivity index (χ2v) is 4.61. The summed E-state index contributed by atoms with van der Waals surface area (Å²) in [6.07, 6.45) is 2.86. The van der Waals surface area contributed by atoms with Crippen LogP contribution in [0.1, 0.15) is 19.3 Å². The molecule has 1 aromatic heterocycles. The molecule has 7 heteroatoms. The third-order valence-electron chi connectivity index (χ3n) is 2.73. The predicted octanol–water partition coefficient (Wildman–Crippen LogP) is 0.578. The van der Waals surface area contributed by atoms with E-state index in [-0.39, 0.29) is 6.61 Å². The molecule has 108 valence electrons. The lowest BCUT2D eigenvalue weighted by molar-refractivity contribution is 0.283. The molecule has 0 amide bonds. The van der Waals surface area contributed by atoms with Crippen LogP contribution < -0.4 is 15.1 Å². The first kappa shape index (κ1) is 15.4. The summed E-state index contributed by atoms with van der Waals surface area (Å²) in [5.41, 5.74) is 0. The fourth-order valence-corrected chi connectivity index (χ4v) is 1.57. The van der Waals surface area contributed by atoms with Gasteiger partial charge in [0.15, 0.2) is 0 Å². The van der Waals surface area contributed by atoms with Crippen molar-refractivity contribution in [2.24, 2.45) is 0 Å². The molecule has 0 aliphatic rings. The number of nitrogens with one attached hydrogen (secondary N) is 1. The Balaban J connectivity index is 2.72. The third kappa shape index (κ3) is 4.86. The van der Waals surface area contributed by atoms with Crippen molar-refractivity contribution in [3.63, 3.8) is 0 Å². The Hall–Kier alpha value is -1.63. The highest BCUT2D eigenvalue weighted by Crippen LogP contribution is 2.14. The van der Waals surface area contributed by atoms with Crippen molar-refractivity contribution in [3.05, 3.63) is 0 Å². The molecule has 0 atom stereocenters. The van der Waals surface area contributed by atoms with Gasteiger partial charge in [0.2, 0.25) is 17.8 Å². The van der Waals surface area contributed by atoms with E-state index < -0.39 is 0 Å². The molecule has 0 aliphatic heterocycles. The molecule has 0 saturated heterocycles. The van der Waals surface area contributed by atoms with Crippen LogP contribution in [0.3, 0.4) is 0 Å². The summed E-state index contributed by atoms with van der Waals surface area (Å²) in [5.74, 6) is 1.86. The minimum absolute atomic E-state index is 0.254. The van der Waals surface area contributed by atoms with Gasteiger partial charge in [-0.15, -0.1) is 0 Å². The van der Waals surface area contributed by atoms with Gasteiger partial charge in [-0.2, -0.15) is 15.0 Å². The number of anilines is 3. The average molecular weight is 268 g/mol. The molecule has 0 aliphatic carbocycles. The predicted molar refractivity (Wildman–Crippen MR) is 77.9 cm³/mol. The molecule has 0 bridgehead atoms. The summed E-state index contributed by atoms with van der Waals surface area (Å²) < 4.78 is 0. The summed E-state index contributed by atoms with van der Waals surface area (Å²) in [4.78, 5) is 16.9. The molecule has 1 aromatic rings.